The molecule has 1 aromatic rings. The van der Waals surface area contributed by atoms with Crippen molar-refractivity contribution in [3.05, 3.63) is 33.3 Å². The predicted molar refractivity (Wildman–Crippen MR) is 72.2 cm³/mol. The van der Waals surface area contributed by atoms with Gasteiger partial charge in [0.15, 0.2) is 0 Å². The van der Waals surface area contributed by atoms with Crippen LogP contribution in [0.1, 0.15) is 12.8 Å². The molecule has 0 aliphatic carbocycles. The Morgan fingerprint density at radius 1 is 1.53 bits per heavy atom. The van der Waals surface area contributed by atoms with Crippen LogP contribution in [0.2, 0.25) is 5.02 Å². The first kappa shape index (κ1) is 13.6. The zero-order valence-electron chi connectivity index (χ0n) is 10.2. The first-order valence-electron chi connectivity index (χ1n) is 5.98. The Morgan fingerprint density at radius 3 is 2.89 bits per heavy atom. The second-order valence-electron chi connectivity index (χ2n) is 4.55. The van der Waals surface area contributed by atoms with Crippen molar-refractivity contribution in [3.63, 3.8) is 0 Å². The number of primary amides is 1. The number of nitrogens with two attached hydrogens (primary N) is 1. The third kappa shape index (κ3) is 2.78. The Hall–Kier alpha value is -1.82. The van der Waals surface area contributed by atoms with Crippen LogP contribution in [-0.4, -0.2) is 23.9 Å². The number of halogens is 1. The van der Waals surface area contributed by atoms with E-state index in [0.717, 1.165) is 12.8 Å². The number of nitro benzene ring substituents is 1. The Labute approximate surface area is 115 Å². The molecule has 102 valence electrons. The lowest BCUT2D eigenvalue weighted by Gasteiger charge is -2.32. The van der Waals surface area contributed by atoms with Gasteiger partial charge in [-0.15, -0.1) is 0 Å². The van der Waals surface area contributed by atoms with Crippen LogP contribution >= 0.6 is 11.6 Å². The summed E-state index contributed by atoms with van der Waals surface area (Å²) in [7, 11) is 0. The minimum atomic E-state index is -0.494. The van der Waals surface area contributed by atoms with Crippen LogP contribution in [0.15, 0.2) is 18.2 Å². The highest BCUT2D eigenvalue weighted by atomic mass is 35.5. The van der Waals surface area contributed by atoms with Crippen LogP contribution in [0, 0.1) is 16.0 Å². The fourth-order valence-corrected chi connectivity index (χ4v) is 2.61. The van der Waals surface area contributed by atoms with E-state index in [4.69, 9.17) is 17.3 Å². The molecule has 1 saturated heterocycles. The Bertz CT molecular complexity index is 521. The van der Waals surface area contributed by atoms with Gasteiger partial charge in [0.2, 0.25) is 5.91 Å². The number of carbonyl (C=O) groups is 1. The average molecular weight is 284 g/mol. The number of rotatable bonds is 3. The topological polar surface area (TPSA) is 89.5 Å². The first-order valence-corrected chi connectivity index (χ1v) is 6.35. The van der Waals surface area contributed by atoms with Crippen molar-refractivity contribution in [3.8, 4) is 0 Å². The van der Waals surface area contributed by atoms with Gasteiger partial charge >= 0.3 is 5.69 Å². The third-order valence-electron chi connectivity index (χ3n) is 3.31. The summed E-state index contributed by atoms with van der Waals surface area (Å²) >= 11 is 5.88. The maximum atomic E-state index is 11.3. The minimum absolute atomic E-state index is 0.101. The fourth-order valence-electron chi connectivity index (χ4n) is 2.37. The first-order chi connectivity index (χ1) is 9.00. The van der Waals surface area contributed by atoms with Gasteiger partial charge in [0.05, 0.1) is 10.8 Å². The number of hydrogen-bond acceptors (Lipinski definition) is 4. The van der Waals surface area contributed by atoms with E-state index < -0.39 is 4.92 Å². The smallest absolute Gasteiger partial charge is 0.310 e. The van der Waals surface area contributed by atoms with Crippen molar-refractivity contribution in [2.24, 2.45) is 11.7 Å². The number of anilines is 1. The molecule has 1 fully saturated rings. The molecule has 0 saturated carbocycles. The molecule has 0 spiro atoms. The highest BCUT2D eigenvalue weighted by molar-refractivity contribution is 6.33. The van der Waals surface area contributed by atoms with Crippen LogP contribution in [0.3, 0.4) is 0 Å². The van der Waals surface area contributed by atoms with E-state index in [2.05, 4.69) is 0 Å². The van der Waals surface area contributed by atoms with Gasteiger partial charge in [-0.3, -0.25) is 14.9 Å². The van der Waals surface area contributed by atoms with Crippen LogP contribution in [0.5, 0.6) is 0 Å². The van der Waals surface area contributed by atoms with Gasteiger partial charge < -0.3 is 10.6 Å². The Morgan fingerprint density at radius 2 is 2.26 bits per heavy atom. The predicted octanol–water partition coefficient (Wildman–Crippen LogP) is 1.95. The lowest BCUT2D eigenvalue weighted by atomic mass is 9.97. The monoisotopic (exact) mass is 283 g/mol. The minimum Gasteiger partial charge on any atom is -0.369 e. The van der Waals surface area contributed by atoms with Gasteiger partial charge in [0.25, 0.3) is 0 Å². The largest absolute Gasteiger partial charge is 0.369 e. The molecule has 0 bridgehead atoms. The number of para-hydroxylation sites is 1. The molecule has 1 atom stereocenters. The van der Waals surface area contributed by atoms with E-state index in [0.29, 0.717) is 18.8 Å². The lowest BCUT2D eigenvalue weighted by molar-refractivity contribution is -0.384. The summed E-state index contributed by atoms with van der Waals surface area (Å²) in [6.45, 7) is 1.06. The van der Waals surface area contributed by atoms with Crippen molar-refractivity contribution in [2.45, 2.75) is 12.8 Å². The molecule has 2 rings (SSSR count). The van der Waals surface area contributed by atoms with Gasteiger partial charge in [-0.05, 0) is 25.0 Å². The summed E-state index contributed by atoms with van der Waals surface area (Å²) in [6.07, 6.45) is 1.50. The second kappa shape index (κ2) is 5.44. The number of amides is 1. The van der Waals surface area contributed by atoms with Crippen molar-refractivity contribution >= 4 is 28.9 Å². The number of nitro groups is 1. The molecule has 0 aromatic heterocycles. The molecule has 1 aliphatic rings. The molecular weight excluding hydrogens is 270 g/mol. The molecular formula is C12H14ClN3O3. The van der Waals surface area contributed by atoms with Crippen molar-refractivity contribution in [1.29, 1.82) is 0 Å². The van der Waals surface area contributed by atoms with E-state index in [1.165, 1.54) is 6.07 Å². The summed E-state index contributed by atoms with van der Waals surface area (Å²) in [5.41, 5.74) is 5.64. The normalized spacial score (nSPS) is 19.2. The van der Waals surface area contributed by atoms with Gasteiger partial charge in [-0.25, -0.2) is 0 Å². The van der Waals surface area contributed by atoms with Crippen LogP contribution in [0.25, 0.3) is 0 Å². The lowest BCUT2D eigenvalue weighted by Crippen LogP contribution is -2.41. The van der Waals surface area contributed by atoms with Gasteiger partial charge in [0.1, 0.15) is 10.7 Å². The molecule has 0 radical (unpaired) electrons. The molecule has 1 aromatic carbocycles. The van der Waals surface area contributed by atoms with Gasteiger partial charge in [-0.1, -0.05) is 17.7 Å². The van der Waals surface area contributed by atoms with Gasteiger partial charge in [-0.2, -0.15) is 0 Å². The number of piperidine rings is 1. The van der Waals surface area contributed by atoms with Gasteiger partial charge in [0, 0.05) is 13.1 Å². The summed E-state index contributed by atoms with van der Waals surface area (Å²) in [5.74, 6) is -0.637. The zero-order valence-corrected chi connectivity index (χ0v) is 11.0. The molecule has 1 unspecified atom stereocenters. The SMILES string of the molecule is NC(=O)C1CCCN(c2cccc(Cl)c2[N+](=O)[O-])C1. The van der Waals surface area contributed by atoms with E-state index in [9.17, 15) is 14.9 Å². The molecule has 7 heteroatoms. The number of carbonyl (C=O) groups excluding carboxylic acids is 1. The summed E-state index contributed by atoms with van der Waals surface area (Å²) < 4.78 is 0. The maximum absolute atomic E-state index is 11.3. The standard InChI is InChI=1S/C12H14ClN3O3/c13-9-4-1-5-10(11(9)16(18)19)15-6-2-3-8(7-15)12(14)17/h1,4-5,8H,2-3,6-7H2,(H2,14,17). The summed E-state index contributed by atoms with van der Waals surface area (Å²) in [5, 5.41) is 11.2. The number of nitrogens with zero attached hydrogens (tertiary/aromatic N) is 2. The molecule has 2 N–H and O–H groups in total. The van der Waals surface area contributed by atoms with Crippen LogP contribution < -0.4 is 10.6 Å². The van der Waals surface area contributed by atoms with Crippen molar-refractivity contribution in [1.82, 2.24) is 0 Å². The van der Waals surface area contributed by atoms with Crippen molar-refractivity contribution in [2.75, 3.05) is 18.0 Å². The number of benzene rings is 1. The third-order valence-corrected chi connectivity index (χ3v) is 3.62. The Kier molecular flexibility index (Phi) is 3.90. The average Bonchev–Trinajstić information content (AvgIpc) is 2.38. The van der Waals surface area contributed by atoms with E-state index in [-0.39, 0.29) is 22.5 Å². The highest BCUT2D eigenvalue weighted by Gasteiger charge is 2.29. The Balaban J connectivity index is 2.34. The van der Waals surface area contributed by atoms with Crippen LogP contribution in [-0.2, 0) is 4.79 Å². The molecule has 19 heavy (non-hydrogen) atoms. The van der Waals surface area contributed by atoms with E-state index in [1.54, 1.807) is 12.1 Å². The van der Waals surface area contributed by atoms with Crippen LogP contribution in [0.4, 0.5) is 11.4 Å². The summed E-state index contributed by atoms with van der Waals surface area (Å²) in [4.78, 5) is 23.7. The zero-order chi connectivity index (χ0) is 14.0. The maximum Gasteiger partial charge on any atom is 0.310 e. The van der Waals surface area contributed by atoms with E-state index >= 15 is 0 Å². The number of hydrogen-bond donors (Lipinski definition) is 1. The fraction of sp³-hybridized carbons (Fsp3) is 0.417. The molecule has 1 heterocycles. The molecule has 1 aliphatic heterocycles. The quantitative estimate of drug-likeness (QED) is 0.678. The highest BCUT2D eigenvalue weighted by Crippen LogP contribution is 2.36. The van der Waals surface area contributed by atoms with E-state index in [1.807, 2.05) is 4.90 Å². The molecule has 6 nitrogen and oxygen atoms in total. The molecule has 1 amide bonds. The second-order valence-corrected chi connectivity index (χ2v) is 4.96. The van der Waals surface area contributed by atoms with Crippen molar-refractivity contribution < 1.29 is 9.72 Å². The summed E-state index contributed by atoms with van der Waals surface area (Å²) in [6, 6.07) is 4.80.